The molecule has 0 aromatic heterocycles. The van der Waals surface area contributed by atoms with Gasteiger partial charge in [-0.1, -0.05) is 19.3 Å². The van der Waals surface area contributed by atoms with E-state index in [4.69, 9.17) is 0 Å². The summed E-state index contributed by atoms with van der Waals surface area (Å²) in [6, 6.07) is 0. The van der Waals surface area contributed by atoms with Gasteiger partial charge in [-0.25, -0.2) is 17.3 Å². The van der Waals surface area contributed by atoms with E-state index < -0.39 is 26.4 Å². The van der Waals surface area contributed by atoms with Crippen LogP contribution in [0.5, 0.6) is 0 Å². The molecule has 0 spiro atoms. The molecule has 0 bridgehead atoms. The zero-order chi connectivity index (χ0) is 14.3. The lowest BCUT2D eigenvalue weighted by atomic mass is 9.79. The van der Waals surface area contributed by atoms with Crippen LogP contribution in [-0.2, 0) is 20.8 Å². The Labute approximate surface area is 119 Å². The van der Waals surface area contributed by atoms with Crippen LogP contribution in [0.1, 0.15) is 59.3 Å². The van der Waals surface area contributed by atoms with Gasteiger partial charge in [0.25, 0.3) is 0 Å². The second-order valence-corrected chi connectivity index (χ2v) is 11.1. The summed E-state index contributed by atoms with van der Waals surface area (Å²) >= 11 is 0. The molecule has 1 N–H and O–H groups in total. The Balaban J connectivity index is 2.23. The average molecular weight is 307 g/mol. The van der Waals surface area contributed by atoms with Crippen molar-refractivity contribution in [2.24, 2.45) is 0 Å². The summed E-state index contributed by atoms with van der Waals surface area (Å²) in [5, 5.41) is -0.327. The van der Waals surface area contributed by atoms with Gasteiger partial charge in [0.2, 0.25) is 0 Å². The first-order valence-electron chi connectivity index (χ1n) is 7.09. The molecule has 112 valence electrons. The standard InChI is InChI=1S/C13H25NO3S2/c1-12(2,3)18(15)14-13(8-5-4-6-9-13)11-7-10-19(11,16)17/h11,14H,4-10H2,1-3H3/t11-,18?/m0/s1. The molecule has 1 unspecified atom stereocenters. The fourth-order valence-corrected chi connectivity index (χ4v) is 5.99. The highest BCUT2D eigenvalue weighted by Crippen LogP contribution is 2.41. The van der Waals surface area contributed by atoms with Gasteiger partial charge in [-0.3, -0.25) is 0 Å². The van der Waals surface area contributed by atoms with Crippen molar-refractivity contribution in [3.8, 4) is 0 Å². The van der Waals surface area contributed by atoms with Gasteiger partial charge in [0.05, 0.1) is 26.7 Å². The topological polar surface area (TPSA) is 63.2 Å². The molecule has 2 atom stereocenters. The fraction of sp³-hybridized carbons (Fsp3) is 1.00. The SMILES string of the molecule is CC(C)(C)S(=O)NC1([C@@H]2CCS2(=O)=O)CCCCC1. The third kappa shape index (κ3) is 3.05. The second kappa shape index (κ2) is 5.11. The Morgan fingerprint density at radius 2 is 1.74 bits per heavy atom. The highest BCUT2D eigenvalue weighted by molar-refractivity contribution is 7.93. The van der Waals surface area contributed by atoms with E-state index in [9.17, 15) is 12.6 Å². The Morgan fingerprint density at radius 3 is 2.11 bits per heavy atom. The van der Waals surface area contributed by atoms with Gasteiger partial charge in [0.15, 0.2) is 9.84 Å². The molecule has 0 radical (unpaired) electrons. The van der Waals surface area contributed by atoms with Crippen molar-refractivity contribution in [1.82, 2.24) is 4.72 Å². The molecular formula is C13H25NO3S2. The Hall–Kier alpha value is 0.0600. The Morgan fingerprint density at radius 1 is 1.16 bits per heavy atom. The largest absolute Gasteiger partial charge is 0.242 e. The molecule has 2 aliphatic rings. The lowest BCUT2D eigenvalue weighted by molar-refractivity contribution is 0.245. The summed E-state index contributed by atoms with van der Waals surface area (Å²) < 4.78 is 39.3. The van der Waals surface area contributed by atoms with Gasteiger partial charge in [-0.15, -0.1) is 0 Å². The van der Waals surface area contributed by atoms with E-state index in [0.29, 0.717) is 5.75 Å². The first-order chi connectivity index (χ1) is 8.67. The van der Waals surface area contributed by atoms with Crippen molar-refractivity contribution >= 4 is 20.8 Å². The van der Waals surface area contributed by atoms with Crippen LogP contribution < -0.4 is 4.72 Å². The molecule has 4 nitrogen and oxygen atoms in total. The van der Waals surface area contributed by atoms with Crippen LogP contribution in [-0.4, -0.2) is 33.9 Å². The minimum atomic E-state index is -2.97. The minimum absolute atomic E-state index is 0.295. The molecule has 0 aromatic carbocycles. The van der Waals surface area contributed by atoms with E-state index in [2.05, 4.69) is 4.72 Å². The molecule has 1 saturated heterocycles. The number of sulfone groups is 1. The van der Waals surface area contributed by atoms with Gasteiger partial charge < -0.3 is 0 Å². The summed E-state index contributed by atoms with van der Waals surface area (Å²) in [5.74, 6) is 0.295. The maximum atomic E-state index is 12.4. The van der Waals surface area contributed by atoms with Crippen molar-refractivity contribution in [1.29, 1.82) is 0 Å². The predicted molar refractivity (Wildman–Crippen MR) is 79.0 cm³/mol. The van der Waals surface area contributed by atoms with Crippen LogP contribution in [0.25, 0.3) is 0 Å². The summed E-state index contributed by atoms with van der Waals surface area (Å²) in [7, 11) is -4.18. The molecule has 0 aromatic rings. The van der Waals surface area contributed by atoms with Gasteiger partial charge in [-0.05, 0) is 40.0 Å². The lowest BCUT2D eigenvalue weighted by Gasteiger charge is -2.47. The third-order valence-electron chi connectivity index (χ3n) is 4.31. The molecule has 1 saturated carbocycles. The molecule has 19 heavy (non-hydrogen) atoms. The van der Waals surface area contributed by atoms with E-state index in [1.807, 2.05) is 20.8 Å². The van der Waals surface area contributed by atoms with Crippen LogP contribution >= 0.6 is 0 Å². The number of hydrogen-bond acceptors (Lipinski definition) is 3. The molecule has 0 amide bonds. The monoisotopic (exact) mass is 307 g/mol. The van der Waals surface area contributed by atoms with Crippen molar-refractivity contribution < 1.29 is 12.6 Å². The van der Waals surface area contributed by atoms with Crippen LogP contribution in [0.15, 0.2) is 0 Å². The maximum absolute atomic E-state index is 12.4. The van der Waals surface area contributed by atoms with E-state index in [1.165, 1.54) is 0 Å². The molecule has 2 fully saturated rings. The molecule has 1 aliphatic carbocycles. The van der Waals surface area contributed by atoms with Gasteiger partial charge in [-0.2, -0.15) is 0 Å². The fourth-order valence-electron chi connectivity index (χ4n) is 3.06. The molecular weight excluding hydrogens is 282 g/mol. The summed E-state index contributed by atoms with van der Waals surface area (Å²) in [6.07, 6.45) is 5.59. The molecule has 1 heterocycles. The highest BCUT2D eigenvalue weighted by atomic mass is 32.2. The molecule has 6 heteroatoms. The summed E-state index contributed by atoms with van der Waals surface area (Å²) in [4.78, 5) is 0. The predicted octanol–water partition coefficient (Wildman–Crippen LogP) is 1.93. The quantitative estimate of drug-likeness (QED) is 0.866. The van der Waals surface area contributed by atoms with Crippen molar-refractivity contribution in [2.75, 3.05) is 5.75 Å². The molecule has 2 rings (SSSR count). The van der Waals surface area contributed by atoms with Crippen molar-refractivity contribution in [3.63, 3.8) is 0 Å². The van der Waals surface area contributed by atoms with E-state index in [1.54, 1.807) is 0 Å². The normalized spacial score (nSPS) is 31.4. The first kappa shape index (κ1) is 15.4. The van der Waals surface area contributed by atoms with Crippen LogP contribution in [0, 0.1) is 0 Å². The van der Waals surface area contributed by atoms with Crippen LogP contribution in [0.3, 0.4) is 0 Å². The first-order valence-corrected chi connectivity index (χ1v) is 9.95. The van der Waals surface area contributed by atoms with Gasteiger partial charge in [0, 0.05) is 5.54 Å². The second-order valence-electron chi connectivity index (χ2n) is 6.84. The van der Waals surface area contributed by atoms with E-state index in [0.717, 1.165) is 38.5 Å². The van der Waals surface area contributed by atoms with Crippen LogP contribution in [0.2, 0.25) is 0 Å². The zero-order valence-corrected chi connectivity index (χ0v) is 13.7. The number of nitrogens with one attached hydrogen (secondary N) is 1. The van der Waals surface area contributed by atoms with Crippen LogP contribution in [0.4, 0.5) is 0 Å². The average Bonchev–Trinajstić information content (AvgIpc) is 2.27. The highest BCUT2D eigenvalue weighted by Gasteiger charge is 2.52. The lowest BCUT2D eigenvalue weighted by Crippen LogP contribution is -2.64. The maximum Gasteiger partial charge on any atom is 0.155 e. The van der Waals surface area contributed by atoms with E-state index in [-0.39, 0.29) is 10.00 Å². The van der Waals surface area contributed by atoms with E-state index >= 15 is 0 Å². The number of rotatable bonds is 3. The smallest absolute Gasteiger partial charge is 0.155 e. The molecule has 1 aliphatic heterocycles. The summed E-state index contributed by atoms with van der Waals surface area (Å²) in [6.45, 7) is 5.76. The third-order valence-corrected chi connectivity index (χ3v) is 8.38. The Kier molecular flexibility index (Phi) is 4.16. The van der Waals surface area contributed by atoms with Crippen molar-refractivity contribution in [2.45, 2.75) is 74.8 Å². The summed E-state index contributed by atoms with van der Waals surface area (Å²) in [5.41, 5.74) is -0.451. The Bertz CT molecular complexity index is 459. The minimum Gasteiger partial charge on any atom is -0.242 e. The van der Waals surface area contributed by atoms with Crippen molar-refractivity contribution in [3.05, 3.63) is 0 Å². The van der Waals surface area contributed by atoms with Gasteiger partial charge >= 0.3 is 0 Å². The van der Waals surface area contributed by atoms with Gasteiger partial charge in [0.1, 0.15) is 0 Å². The zero-order valence-electron chi connectivity index (χ0n) is 12.1. The number of hydrogen-bond donors (Lipinski definition) is 1.